The monoisotopic (exact) mass is 323 g/mol. The van der Waals surface area contributed by atoms with E-state index in [0.29, 0.717) is 5.56 Å². The third-order valence-corrected chi connectivity index (χ3v) is 4.40. The number of aryl methyl sites for hydroxylation is 1. The van der Waals surface area contributed by atoms with Gasteiger partial charge in [0.15, 0.2) is 0 Å². The molecule has 0 saturated heterocycles. The Morgan fingerprint density at radius 3 is 2.45 bits per heavy atom. The van der Waals surface area contributed by atoms with Crippen molar-refractivity contribution in [1.29, 1.82) is 0 Å². The summed E-state index contributed by atoms with van der Waals surface area (Å²) in [5.74, 6) is -0.267. The van der Waals surface area contributed by atoms with Crippen LogP contribution in [-0.4, -0.2) is 19.4 Å². The topological polar surface area (TPSA) is 71.1 Å². The number of anilines is 2. The maximum absolute atomic E-state index is 13.1. The molecule has 0 aliphatic rings. The Kier molecular flexibility index (Phi) is 4.65. The second kappa shape index (κ2) is 6.31. The first-order chi connectivity index (χ1) is 10.3. The lowest BCUT2D eigenvalue weighted by molar-refractivity contribution is 0.598. The number of benzene rings is 1. The van der Waals surface area contributed by atoms with E-state index in [-0.39, 0.29) is 16.8 Å². The maximum atomic E-state index is 13.1. The standard InChI is InChI=1S/C15H18FN3O2S/c1-10(2)18-13-5-7-15(17-9-13)19-22(20,21)14-6-4-12(16)8-11(14)3/h4-10,18H,1-3H3,(H,17,19). The van der Waals surface area contributed by atoms with Crippen LogP contribution in [0.25, 0.3) is 0 Å². The van der Waals surface area contributed by atoms with Crippen molar-refractivity contribution >= 4 is 21.5 Å². The Morgan fingerprint density at radius 2 is 1.91 bits per heavy atom. The molecule has 1 aromatic carbocycles. The summed E-state index contributed by atoms with van der Waals surface area (Å²) in [6.07, 6.45) is 1.55. The van der Waals surface area contributed by atoms with Crippen LogP contribution in [0.3, 0.4) is 0 Å². The molecule has 1 aromatic heterocycles. The van der Waals surface area contributed by atoms with Crippen molar-refractivity contribution in [2.45, 2.75) is 31.7 Å². The van der Waals surface area contributed by atoms with Crippen LogP contribution in [0, 0.1) is 12.7 Å². The highest BCUT2D eigenvalue weighted by atomic mass is 32.2. The third-order valence-electron chi connectivity index (χ3n) is 2.88. The molecule has 0 saturated carbocycles. The van der Waals surface area contributed by atoms with E-state index >= 15 is 0 Å². The largest absolute Gasteiger partial charge is 0.382 e. The number of aromatic nitrogens is 1. The second-order valence-corrected chi connectivity index (χ2v) is 6.90. The molecule has 0 spiro atoms. The lowest BCUT2D eigenvalue weighted by atomic mass is 10.2. The van der Waals surface area contributed by atoms with Gasteiger partial charge in [-0.2, -0.15) is 0 Å². The Morgan fingerprint density at radius 1 is 1.18 bits per heavy atom. The van der Waals surface area contributed by atoms with Gasteiger partial charge in [-0.15, -0.1) is 0 Å². The van der Waals surface area contributed by atoms with Gasteiger partial charge in [0.1, 0.15) is 11.6 Å². The van der Waals surface area contributed by atoms with Gasteiger partial charge in [-0.05, 0) is 56.7 Å². The molecule has 0 unspecified atom stereocenters. The van der Waals surface area contributed by atoms with Crippen molar-refractivity contribution in [1.82, 2.24) is 4.98 Å². The van der Waals surface area contributed by atoms with E-state index in [0.717, 1.165) is 11.8 Å². The second-order valence-electron chi connectivity index (χ2n) is 5.25. The molecule has 1 heterocycles. The van der Waals surface area contributed by atoms with Crippen molar-refractivity contribution in [3.8, 4) is 0 Å². The summed E-state index contributed by atoms with van der Waals surface area (Å²) < 4.78 is 40.1. The predicted molar refractivity (Wildman–Crippen MR) is 84.9 cm³/mol. The molecule has 2 N–H and O–H groups in total. The number of hydrogen-bond acceptors (Lipinski definition) is 4. The Hall–Kier alpha value is -2.15. The third kappa shape index (κ3) is 3.94. The number of sulfonamides is 1. The number of halogens is 1. The van der Waals surface area contributed by atoms with Gasteiger partial charge in [0.25, 0.3) is 10.0 Å². The quantitative estimate of drug-likeness (QED) is 0.887. The zero-order valence-electron chi connectivity index (χ0n) is 12.6. The minimum absolute atomic E-state index is 0.0279. The SMILES string of the molecule is Cc1cc(F)ccc1S(=O)(=O)Nc1ccc(NC(C)C)cn1. The molecule has 22 heavy (non-hydrogen) atoms. The molecule has 5 nitrogen and oxygen atoms in total. The number of pyridine rings is 1. The van der Waals surface area contributed by atoms with E-state index in [4.69, 9.17) is 0 Å². The van der Waals surface area contributed by atoms with Gasteiger partial charge >= 0.3 is 0 Å². The van der Waals surface area contributed by atoms with Crippen LogP contribution < -0.4 is 10.0 Å². The van der Waals surface area contributed by atoms with Gasteiger partial charge in [-0.25, -0.2) is 17.8 Å². The molecule has 118 valence electrons. The molecule has 0 aliphatic heterocycles. The van der Waals surface area contributed by atoms with Gasteiger partial charge in [-0.3, -0.25) is 4.72 Å². The highest BCUT2D eigenvalue weighted by Crippen LogP contribution is 2.20. The Balaban J connectivity index is 2.21. The van der Waals surface area contributed by atoms with Gasteiger partial charge in [-0.1, -0.05) is 0 Å². The molecule has 0 amide bonds. The first kappa shape index (κ1) is 16.2. The molecule has 2 aromatic rings. The molecule has 0 aliphatic carbocycles. The van der Waals surface area contributed by atoms with E-state index in [9.17, 15) is 12.8 Å². The average Bonchev–Trinajstić information content (AvgIpc) is 2.39. The smallest absolute Gasteiger partial charge is 0.263 e. The van der Waals surface area contributed by atoms with Crippen molar-refractivity contribution in [3.05, 3.63) is 47.9 Å². The normalized spacial score (nSPS) is 11.5. The van der Waals surface area contributed by atoms with Crippen molar-refractivity contribution in [3.63, 3.8) is 0 Å². The summed E-state index contributed by atoms with van der Waals surface area (Å²) in [4.78, 5) is 4.09. The van der Waals surface area contributed by atoms with Gasteiger partial charge in [0.05, 0.1) is 16.8 Å². The van der Waals surface area contributed by atoms with Crippen LogP contribution in [-0.2, 0) is 10.0 Å². The summed E-state index contributed by atoms with van der Waals surface area (Å²) in [5, 5.41) is 3.16. The molecular weight excluding hydrogens is 305 g/mol. The fourth-order valence-corrected chi connectivity index (χ4v) is 3.22. The van der Waals surface area contributed by atoms with E-state index in [1.165, 1.54) is 12.1 Å². The minimum Gasteiger partial charge on any atom is -0.382 e. The van der Waals surface area contributed by atoms with Gasteiger partial charge < -0.3 is 5.32 Å². The predicted octanol–water partition coefficient (Wildman–Crippen LogP) is 3.15. The summed E-state index contributed by atoms with van der Waals surface area (Å²) in [6.45, 7) is 5.53. The Bertz CT molecular complexity index is 759. The molecule has 0 bridgehead atoms. The lowest BCUT2D eigenvalue weighted by Crippen LogP contribution is -2.15. The van der Waals surface area contributed by atoms with E-state index in [1.54, 1.807) is 25.3 Å². The summed E-state index contributed by atoms with van der Waals surface area (Å²) >= 11 is 0. The zero-order valence-corrected chi connectivity index (χ0v) is 13.4. The maximum Gasteiger partial charge on any atom is 0.263 e. The number of nitrogens with zero attached hydrogens (tertiary/aromatic N) is 1. The van der Waals surface area contributed by atoms with Crippen LogP contribution in [0.15, 0.2) is 41.4 Å². The molecule has 0 atom stereocenters. The summed E-state index contributed by atoms with van der Waals surface area (Å²) in [7, 11) is -3.80. The van der Waals surface area contributed by atoms with Crippen molar-refractivity contribution in [2.24, 2.45) is 0 Å². The van der Waals surface area contributed by atoms with Gasteiger partial charge in [0.2, 0.25) is 0 Å². The summed E-state index contributed by atoms with van der Waals surface area (Å²) in [5.41, 5.74) is 1.14. The van der Waals surface area contributed by atoms with E-state index in [1.807, 2.05) is 13.8 Å². The summed E-state index contributed by atoms with van der Waals surface area (Å²) in [6, 6.07) is 7.10. The first-order valence-electron chi connectivity index (χ1n) is 6.79. The highest BCUT2D eigenvalue weighted by molar-refractivity contribution is 7.92. The molecule has 7 heteroatoms. The molecular formula is C15H18FN3O2S. The molecule has 0 radical (unpaired) electrons. The van der Waals surface area contributed by atoms with Crippen molar-refractivity contribution in [2.75, 3.05) is 10.0 Å². The zero-order chi connectivity index (χ0) is 16.3. The minimum atomic E-state index is -3.80. The fraction of sp³-hybridized carbons (Fsp3) is 0.267. The van der Waals surface area contributed by atoms with Crippen LogP contribution in [0.5, 0.6) is 0 Å². The number of rotatable bonds is 5. The van der Waals surface area contributed by atoms with Crippen LogP contribution >= 0.6 is 0 Å². The lowest BCUT2D eigenvalue weighted by Gasteiger charge is -2.12. The average molecular weight is 323 g/mol. The number of nitrogens with one attached hydrogen (secondary N) is 2. The highest BCUT2D eigenvalue weighted by Gasteiger charge is 2.17. The van der Waals surface area contributed by atoms with Crippen LogP contribution in [0.4, 0.5) is 15.9 Å². The van der Waals surface area contributed by atoms with Crippen LogP contribution in [0.1, 0.15) is 19.4 Å². The molecule has 0 fully saturated rings. The fourth-order valence-electron chi connectivity index (χ4n) is 1.98. The Labute approximate surface area is 129 Å². The molecule has 2 rings (SSSR count). The van der Waals surface area contributed by atoms with E-state index in [2.05, 4.69) is 15.0 Å². The van der Waals surface area contributed by atoms with Gasteiger partial charge in [0, 0.05) is 6.04 Å². The van der Waals surface area contributed by atoms with Crippen molar-refractivity contribution < 1.29 is 12.8 Å². The van der Waals surface area contributed by atoms with E-state index < -0.39 is 15.8 Å². The number of hydrogen-bond donors (Lipinski definition) is 2. The van der Waals surface area contributed by atoms with Crippen LogP contribution in [0.2, 0.25) is 0 Å². The first-order valence-corrected chi connectivity index (χ1v) is 8.28.